The predicted octanol–water partition coefficient (Wildman–Crippen LogP) is 2.51. The molecule has 3 aliphatic heterocycles. The molecule has 1 N–H and O–H groups in total. The Kier molecular flexibility index (Phi) is 5.55. The molecular weight excluding hydrogens is 380 g/mol. The Balaban J connectivity index is 1.33. The Morgan fingerprint density at radius 3 is 2.82 bits per heavy atom. The van der Waals surface area contributed by atoms with Crippen LogP contribution in [-0.4, -0.2) is 65.7 Å². The van der Waals surface area contributed by atoms with Gasteiger partial charge in [-0.15, -0.1) is 0 Å². The van der Waals surface area contributed by atoms with Gasteiger partial charge in [0.05, 0.1) is 6.54 Å². The van der Waals surface area contributed by atoms with E-state index in [2.05, 4.69) is 15.4 Å². The summed E-state index contributed by atoms with van der Waals surface area (Å²) in [4.78, 5) is 34.8. The highest BCUT2D eigenvalue weighted by Gasteiger charge is 2.45. The van der Waals surface area contributed by atoms with Crippen LogP contribution < -0.4 is 5.32 Å². The number of benzene rings is 1. The van der Waals surface area contributed by atoms with E-state index in [1.165, 1.54) is 0 Å². The number of nitrogens with one attached hydrogen (secondary N) is 1. The van der Waals surface area contributed by atoms with Crippen molar-refractivity contribution in [3.8, 4) is 0 Å². The van der Waals surface area contributed by atoms with Gasteiger partial charge in [0.25, 0.3) is 5.91 Å². The van der Waals surface area contributed by atoms with Crippen molar-refractivity contribution in [2.75, 3.05) is 38.0 Å². The molecule has 150 valence electrons. The minimum Gasteiger partial charge on any atom is -0.387 e. The van der Waals surface area contributed by atoms with Crippen LogP contribution in [0.5, 0.6) is 0 Å². The number of hydrogen-bond donors (Lipinski definition) is 1. The third-order valence-corrected chi connectivity index (χ3v) is 5.85. The molecular formula is C20H25ClN4O3. The molecule has 8 heteroatoms. The Hall–Kier alpha value is -2.12. The molecule has 3 aliphatic rings. The fraction of sp³-hybridized carbons (Fsp3) is 0.550. The van der Waals surface area contributed by atoms with Crippen LogP contribution in [-0.2, 0) is 14.4 Å². The molecule has 0 aromatic heterocycles. The van der Waals surface area contributed by atoms with Crippen LogP contribution in [0, 0.1) is 0 Å². The molecule has 1 spiro atoms. The third kappa shape index (κ3) is 4.31. The fourth-order valence-corrected chi connectivity index (χ4v) is 4.41. The maximum atomic E-state index is 12.5. The molecule has 1 unspecified atom stereocenters. The molecule has 4 rings (SSSR count). The Morgan fingerprint density at radius 1 is 1.21 bits per heavy atom. The molecule has 7 nitrogen and oxygen atoms in total. The number of rotatable bonds is 4. The first-order valence-electron chi connectivity index (χ1n) is 9.85. The van der Waals surface area contributed by atoms with Crippen LogP contribution >= 0.6 is 11.6 Å². The minimum atomic E-state index is -0.509. The van der Waals surface area contributed by atoms with Gasteiger partial charge >= 0.3 is 0 Å². The molecule has 2 saturated heterocycles. The third-order valence-electron chi connectivity index (χ3n) is 5.62. The minimum absolute atomic E-state index is 0.187. The topological polar surface area (TPSA) is 74.2 Å². The molecule has 1 atom stereocenters. The maximum absolute atomic E-state index is 12.5. The summed E-state index contributed by atoms with van der Waals surface area (Å²) in [6, 6.07) is 7.01. The first-order valence-corrected chi connectivity index (χ1v) is 10.2. The second kappa shape index (κ2) is 8.09. The average Bonchev–Trinajstić information content (AvgIpc) is 3.33. The van der Waals surface area contributed by atoms with E-state index in [4.69, 9.17) is 16.4 Å². The molecule has 0 bridgehead atoms. The van der Waals surface area contributed by atoms with E-state index < -0.39 is 5.60 Å². The monoisotopic (exact) mass is 404 g/mol. The van der Waals surface area contributed by atoms with Crippen LogP contribution in [0.4, 0.5) is 5.69 Å². The molecule has 2 amide bonds. The Labute approximate surface area is 169 Å². The number of likely N-dealkylation sites (tertiary alicyclic amines) is 2. The van der Waals surface area contributed by atoms with E-state index in [9.17, 15) is 9.59 Å². The van der Waals surface area contributed by atoms with Gasteiger partial charge in [-0.1, -0.05) is 22.8 Å². The van der Waals surface area contributed by atoms with Gasteiger partial charge in [-0.25, -0.2) is 0 Å². The summed E-state index contributed by atoms with van der Waals surface area (Å²) in [7, 11) is 0. The summed E-state index contributed by atoms with van der Waals surface area (Å²) in [6.45, 7) is 3.63. The molecule has 1 aromatic carbocycles. The lowest BCUT2D eigenvalue weighted by Crippen LogP contribution is -2.51. The zero-order chi connectivity index (χ0) is 19.6. The van der Waals surface area contributed by atoms with Crippen molar-refractivity contribution in [2.45, 2.75) is 37.7 Å². The molecule has 0 saturated carbocycles. The van der Waals surface area contributed by atoms with Gasteiger partial charge in [0.15, 0.2) is 5.60 Å². The lowest BCUT2D eigenvalue weighted by Gasteiger charge is -2.38. The highest BCUT2D eigenvalue weighted by Crippen LogP contribution is 2.33. The smallest absolute Gasteiger partial charge is 0.273 e. The summed E-state index contributed by atoms with van der Waals surface area (Å²) in [5.41, 5.74) is 0.500. The zero-order valence-corrected chi connectivity index (χ0v) is 16.6. The zero-order valence-electron chi connectivity index (χ0n) is 15.8. The summed E-state index contributed by atoms with van der Waals surface area (Å²) in [6.07, 6.45) is 4.40. The van der Waals surface area contributed by atoms with Crippen LogP contribution in [0.25, 0.3) is 0 Å². The summed E-state index contributed by atoms with van der Waals surface area (Å²) in [5.74, 6) is -0.0863. The number of carbonyl (C=O) groups is 2. The van der Waals surface area contributed by atoms with Gasteiger partial charge in [0, 0.05) is 36.8 Å². The van der Waals surface area contributed by atoms with Crippen molar-refractivity contribution >= 4 is 34.8 Å². The normalized spacial score (nSPS) is 24.9. The SMILES string of the molecule is O=C(Nc1cccc(Cl)c1)C1=NOC2(CCCN(CC(=O)N3CCCC3)C2)C1. The van der Waals surface area contributed by atoms with Gasteiger partial charge in [0.1, 0.15) is 5.71 Å². The summed E-state index contributed by atoms with van der Waals surface area (Å²) < 4.78 is 0. The van der Waals surface area contributed by atoms with Crippen molar-refractivity contribution in [1.29, 1.82) is 0 Å². The van der Waals surface area contributed by atoms with Crippen molar-refractivity contribution in [3.05, 3.63) is 29.3 Å². The van der Waals surface area contributed by atoms with Crippen molar-refractivity contribution in [3.63, 3.8) is 0 Å². The van der Waals surface area contributed by atoms with Crippen LogP contribution in [0.2, 0.25) is 5.02 Å². The lowest BCUT2D eigenvalue weighted by molar-refractivity contribution is -0.134. The fourth-order valence-electron chi connectivity index (χ4n) is 4.21. The standard InChI is InChI=1S/C20H25ClN4O3/c21-15-5-3-6-16(11-15)22-19(27)17-12-20(28-23-17)7-4-8-24(14-20)13-18(26)25-9-1-2-10-25/h3,5-6,11H,1-2,4,7-10,12-14H2,(H,22,27). The number of oxime groups is 1. The Bertz CT molecular complexity index is 793. The van der Waals surface area contributed by atoms with E-state index in [0.29, 0.717) is 35.9 Å². The van der Waals surface area contributed by atoms with Gasteiger partial charge < -0.3 is 15.1 Å². The van der Waals surface area contributed by atoms with Crippen molar-refractivity contribution in [2.24, 2.45) is 5.16 Å². The molecule has 0 radical (unpaired) electrons. The van der Waals surface area contributed by atoms with Crippen LogP contribution in [0.1, 0.15) is 32.1 Å². The number of piperidine rings is 1. The first kappa shape index (κ1) is 19.2. The predicted molar refractivity (Wildman–Crippen MR) is 107 cm³/mol. The number of hydrogen-bond acceptors (Lipinski definition) is 5. The van der Waals surface area contributed by atoms with E-state index in [0.717, 1.165) is 45.3 Å². The Morgan fingerprint density at radius 2 is 2.04 bits per heavy atom. The first-order chi connectivity index (χ1) is 13.5. The van der Waals surface area contributed by atoms with E-state index in [1.54, 1.807) is 24.3 Å². The summed E-state index contributed by atoms with van der Waals surface area (Å²) >= 11 is 5.97. The summed E-state index contributed by atoms with van der Waals surface area (Å²) in [5, 5.41) is 7.45. The number of anilines is 1. The quantitative estimate of drug-likeness (QED) is 0.836. The molecule has 2 fully saturated rings. The molecule has 1 aromatic rings. The van der Waals surface area contributed by atoms with E-state index >= 15 is 0 Å². The number of carbonyl (C=O) groups excluding carboxylic acids is 2. The average molecular weight is 405 g/mol. The van der Waals surface area contributed by atoms with Gasteiger partial charge in [0.2, 0.25) is 5.91 Å². The number of halogens is 1. The van der Waals surface area contributed by atoms with Gasteiger partial charge in [-0.3, -0.25) is 14.5 Å². The largest absolute Gasteiger partial charge is 0.387 e. The maximum Gasteiger partial charge on any atom is 0.273 e. The molecule has 0 aliphatic carbocycles. The lowest BCUT2D eigenvalue weighted by atomic mass is 9.88. The van der Waals surface area contributed by atoms with Gasteiger partial charge in [-0.05, 0) is 50.4 Å². The van der Waals surface area contributed by atoms with Crippen molar-refractivity contribution < 1.29 is 14.4 Å². The van der Waals surface area contributed by atoms with Crippen molar-refractivity contribution in [1.82, 2.24) is 9.80 Å². The van der Waals surface area contributed by atoms with Crippen LogP contribution in [0.15, 0.2) is 29.4 Å². The second-order valence-corrected chi connectivity index (χ2v) is 8.29. The van der Waals surface area contributed by atoms with E-state index in [1.807, 2.05) is 4.90 Å². The van der Waals surface area contributed by atoms with E-state index in [-0.39, 0.29) is 11.8 Å². The van der Waals surface area contributed by atoms with Gasteiger partial charge in [-0.2, -0.15) is 0 Å². The number of amides is 2. The molecule has 3 heterocycles. The van der Waals surface area contributed by atoms with Crippen LogP contribution in [0.3, 0.4) is 0 Å². The highest BCUT2D eigenvalue weighted by atomic mass is 35.5. The number of nitrogens with zero attached hydrogens (tertiary/aromatic N) is 3. The molecule has 28 heavy (non-hydrogen) atoms. The second-order valence-electron chi connectivity index (χ2n) is 7.86. The highest BCUT2D eigenvalue weighted by molar-refractivity contribution is 6.43.